The number of amidine groups is 1. The van der Waals surface area contributed by atoms with Gasteiger partial charge in [-0.3, -0.25) is 4.79 Å². The third kappa shape index (κ3) is 3.97. The van der Waals surface area contributed by atoms with Crippen molar-refractivity contribution in [1.82, 2.24) is 4.57 Å². The molecule has 0 saturated heterocycles. The molecule has 4 rings (SSSR count). The van der Waals surface area contributed by atoms with Gasteiger partial charge in [-0.25, -0.2) is 4.79 Å². The number of hydrogen-bond donors (Lipinski definition) is 2. The highest BCUT2D eigenvalue weighted by molar-refractivity contribution is 7.90. The van der Waals surface area contributed by atoms with Crippen molar-refractivity contribution in [2.45, 2.75) is 31.7 Å². The largest absolute Gasteiger partial charge is 0.506 e. The molecule has 10 heteroatoms. The summed E-state index contributed by atoms with van der Waals surface area (Å²) in [6.07, 6.45) is 0.714. The highest BCUT2D eigenvalue weighted by atomic mass is 32.2. The van der Waals surface area contributed by atoms with Gasteiger partial charge in [0, 0.05) is 11.9 Å². The minimum Gasteiger partial charge on any atom is -0.506 e. The molecule has 2 heterocycles. The lowest BCUT2D eigenvalue weighted by Crippen LogP contribution is -2.33. The standard InChI is InChI=1S/C23H23N3O6S/c1-13(2)10-11-26-17-7-5-4-6-15(17)20(27)19(22(26)28)21-24-16-9-8-14(23(29)32-3)12-18(16)33(30,31)25-21/h4-9,12-13,27H,10-11H2,1-3H3,(H,24,25). The normalized spacial score (nSPS) is 14.5. The van der Waals surface area contributed by atoms with Crippen LogP contribution in [0.4, 0.5) is 5.69 Å². The van der Waals surface area contributed by atoms with E-state index in [-0.39, 0.29) is 33.3 Å². The third-order valence-electron chi connectivity index (χ3n) is 5.46. The molecule has 1 aliphatic rings. The van der Waals surface area contributed by atoms with Crippen molar-refractivity contribution in [3.8, 4) is 5.75 Å². The summed E-state index contributed by atoms with van der Waals surface area (Å²) in [4.78, 5) is 25.0. The molecule has 3 aromatic rings. The Bertz CT molecular complexity index is 1470. The number of pyridine rings is 1. The molecular formula is C23H23N3O6S. The number of sulfonamides is 1. The van der Waals surface area contributed by atoms with Gasteiger partial charge in [-0.15, -0.1) is 4.40 Å². The lowest BCUT2D eigenvalue weighted by molar-refractivity contribution is 0.0600. The molecule has 0 atom stereocenters. The fraction of sp³-hybridized carbons (Fsp3) is 0.261. The Labute approximate surface area is 190 Å². The number of aromatic nitrogens is 1. The van der Waals surface area contributed by atoms with Crippen LogP contribution in [0.2, 0.25) is 0 Å². The number of benzene rings is 2. The molecule has 0 unspecified atom stereocenters. The first-order valence-electron chi connectivity index (χ1n) is 10.3. The molecule has 9 nitrogen and oxygen atoms in total. The topological polar surface area (TPSA) is 127 Å². The van der Waals surface area contributed by atoms with Crippen LogP contribution >= 0.6 is 0 Å². The van der Waals surface area contributed by atoms with Crippen LogP contribution in [-0.2, 0) is 21.3 Å². The average molecular weight is 470 g/mol. The maximum absolute atomic E-state index is 13.4. The summed E-state index contributed by atoms with van der Waals surface area (Å²) in [5.41, 5.74) is -0.0587. The zero-order chi connectivity index (χ0) is 23.9. The molecule has 0 fully saturated rings. The van der Waals surface area contributed by atoms with E-state index in [0.717, 1.165) is 6.07 Å². The molecule has 0 bridgehead atoms. The number of anilines is 1. The maximum Gasteiger partial charge on any atom is 0.337 e. The monoisotopic (exact) mass is 469 g/mol. The molecule has 2 N–H and O–H groups in total. The summed E-state index contributed by atoms with van der Waals surface area (Å²) >= 11 is 0. The number of aromatic hydroxyl groups is 1. The minimum absolute atomic E-state index is 0.0462. The lowest BCUT2D eigenvalue weighted by atomic mass is 10.1. The lowest BCUT2D eigenvalue weighted by Gasteiger charge is -2.21. The third-order valence-corrected chi connectivity index (χ3v) is 6.77. The van der Waals surface area contributed by atoms with Crippen molar-refractivity contribution < 1.29 is 23.1 Å². The highest BCUT2D eigenvalue weighted by Gasteiger charge is 2.30. The van der Waals surface area contributed by atoms with Crippen LogP contribution in [0.15, 0.2) is 56.6 Å². The van der Waals surface area contributed by atoms with Gasteiger partial charge < -0.3 is 19.7 Å². The van der Waals surface area contributed by atoms with E-state index in [9.17, 15) is 23.1 Å². The van der Waals surface area contributed by atoms with Gasteiger partial charge in [-0.05, 0) is 42.7 Å². The predicted molar refractivity (Wildman–Crippen MR) is 124 cm³/mol. The van der Waals surface area contributed by atoms with Crippen molar-refractivity contribution >= 4 is 38.4 Å². The molecule has 1 aromatic heterocycles. The minimum atomic E-state index is -4.27. The van der Waals surface area contributed by atoms with Gasteiger partial charge in [0.05, 0.1) is 23.9 Å². The van der Waals surface area contributed by atoms with Gasteiger partial charge in [0.25, 0.3) is 15.6 Å². The second-order valence-electron chi connectivity index (χ2n) is 8.12. The van der Waals surface area contributed by atoms with Crippen LogP contribution in [0, 0.1) is 5.92 Å². The molecule has 2 aromatic carbocycles. The number of hydrogen-bond acceptors (Lipinski definition) is 7. The molecule has 0 saturated carbocycles. The van der Waals surface area contributed by atoms with Crippen molar-refractivity contribution in [3.63, 3.8) is 0 Å². The number of nitrogens with one attached hydrogen (secondary N) is 1. The van der Waals surface area contributed by atoms with Gasteiger partial charge in [0.15, 0.2) is 5.84 Å². The van der Waals surface area contributed by atoms with E-state index in [0.29, 0.717) is 29.8 Å². The summed E-state index contributed by atoms with van der Waals surface area (Å²) in [7, 11) is -3.08. The van der Waals surface area contributed by atoms with Crippen LogP contribution < -0.4 is 10.9 Å². The Morgan fingerprint density at radius 1 is 1.21 bits per heavy atom. The van der Waals surface area contributed by atoms with E-state index in [2.05, 4.69) is 14.5 Å². The zero-order valence-electron chi connectivity index (χ0n) is 18.3. The molecule has 0 aliphatic carbocycles. The molecule has 0 radical (unpaired) electrons. The number of nitrogens with zero attached hydrogens (tertiary/aromatic N) is 2. The van der Waals surface area contributed by atoms with Crippen molar-refractivity contribution in [1.29, 1.82) is 0 Å². The molecule has 33 heavy (non-hydrogen) atoms. The number of aryl methyl sites for hydroxylation is 1. The van der Waals surface area contributed by atoms with Gasteiger partial charge in [-0.2, -0.15) is 8.42 Å². The predicted octanol–water partition coefficient (Wildman–Crippen LogP) is 3.10. The Hall–Kier alpha value is -3.66. The van der Waals surface area contributed by atoms with E-state index in [1.165, 1.54) is 23.8 Å². The van der Waals surface area contributed by atoms with Crippen LogP contribution in [-0.4, -0.2) is 37.0 Å². The average Bonchev–Trinajstić information content (AvgIpc) is 2.78. The van der Waals surface area contributed by atoms with Gasteiger partial charge in [0.2, 0.25) is 0 Å². The number of esters is 1. The molecule has 0 amide bonds. The van der Waals surface area contributed by atoms with Gasteiger partial charge >= 0.3 is 5.97 Å². The Morgan fingerprint density at radius 3 is 2.64 bits per heavy atom. The molecular weight excluding hydrogens is 446 g/mol. The maximum atomic E-state index is 13.4. The van der Waals surface area contributed by atoms with E-state index in [4.69, 9.17) is 0 Å². The number of fused-ring (bicyclic) bond motifs is 2. The van der Waals surface area contributed by atoms with E-state index in [1.807, 2.05) is 13.8 Å². The molecule has 0 spiro atoms. The fourth-order valence-electron chi connectivity index (χ4n) is 3.72. The Balaban J connectivity index is 1.92. The summed E-state index contributed by atoms with van der Waals surface area (Å²) in [6.45, 7) is 4.46. The fourth-order valence-corrected chi connectivity index (χ4v) is 4.87. The van der Waals surface area contributed by atoms with Crippen LogP contribution in [0.5, 0.6) is 5.75 Å². The second-order valence-corrected chi connectivity index (χ2v) is 9.70. The van der Waals surface area contributed by atoms with Crippen molar-refractivity contribution in [2.24, 2.45) is 10.3 Å². The summed E-state index contributed by atoms with van der Waals surface area (Å²) in [6, 6.07) is 10.8. The van der Waals surface area contributed by atoms with Gasteiger partial charge in [-0.1, -0.05) is 26.0 Å². The molecule has 172 valence electrons. The number of rotatable bonds is 5. The van der Waals surface area contributed by atoms with E-state index in [1.54, 1.807) is 24.3 Å². The summed E-state index contributed by atoms with van der Waals surface area (Å²) in [5.74, 6) is -0.996. The van der Waals surface area contributed by atoms with Crippen molar-refractivity contribution in [3.05, 3.63) is 63.9 Å². The zero-order valence-corrected chi connectivity index (χ0v) is 19.1. The summed E-state index contributed by atoms with van der Waals surface area (Å²) < 4.78 is 35.8. The van der Waals surface area contributed by atoms with Gasteiger partial charge in [0.1, 0.15) is 16.2 Å². The SMILES string of the molecule is COC(=O)c1ccc2c(c1)S(=O)(=O)N=C(c1c(O)c3ccccc3n(CCC(C)C)c1=O)N2. The second kappa shape index (κ2) is 8.36. The van der Waals surface area contributed by atoms with Crippen molar-refractivity contribution in [2.75, 3.05) is 12.4 Å². The molecule has 1 aliphatic heterocycles. The number of ether oxygens (including phenoxy) is 1. The first-order chi connectivity index (χ1) is 15.6. The van der Waals surface area contributed by atoms with Crippen LogP contribution in [0.25, 0.3) is 10.9 Å². The van der Waals surface area contributed by atoms with Crippen LogP contribution in [0.1, 0.15) is 36.2 Å². The highest BCUT2D eigenvalue weighted by Crippen LogP contribution is 2.33. The number of methoxy groups -OCH3 is 1. The van der Waals surface area contributed by atoms with E-state index < -0.39 is 21.6 Å². The number of carbonyl (C=O) groups excluding carboxylic acids is 1. The Morgan fingerprint density at radius 2 is 1.94 bits per heavy atom. The summed E-state index contributed by atoms with van der Waals surface area (Å²) in [5, 5.41) is 14.2. The van der Waals surface area contributed by atoms with Crippen LogP contribution in [0.3, 0.4) is 0 Å². The number of para-hydroxylation sites is 1. The number of carbonyl (C=O) groups is 1. The van der Waals surface area contributed by atoms with E-state index >= 15 is 0 Å². The first-order valence-corrected chi connectivity index (χ1v) is 11.8. The first kappa shape index (κ1) is 22.5. The quantitative estimate of drug-likeness (QED) is 0.550. The smallest absolute Gasteiger partial charge is 0.337 e. The Kier molecular flexibility index (Phi) is 5.71.